The van der Waals surface area contributed by atoms with Crippen LogP contribution in [0, 0.1) is 0 Å². The first kappa shape index (κ1) is 14.0. The second-order valence-corrected chi connectivity index (χ2v) is 4.03. The number of rotatable bonds is 8. The minimum absolute atomic E-state index is 0.277. The lowest BCUT2D eigenvalue weighted by atomic mass is 10.2. The van der Waals surface area contributed by atoms with Crippen LogP contribution in [0.4, 0.5) is 5.69 Å². The molecule has 0 aromatic heterocycles. The van der Waals surface area contributed by atoms with Crippen LogP contribution in [0.5, 0.6) is 0 Å². The molecule has 4 nitrogen and oxygen atoms in total. The Balaban J connectivity index is 2.42. The summed E-state index contributed by atoms with van der Waals surface area (Å²) in [4.78, 5) is 0. The van der Waals surface area contributed by atoms with Crippen molar-refractivity contribution in [1.29, 1.82) is 0 Å². The third-order valence-electron chi connectivity index (χ3n) is 2.39. The molecule has 0 heterocycles. The first-order chi connectivity index (χ1) is 8.26. The zero-order valence-electron chi connectivity index (χ0n) is 10.6. The molecule has 0 aliphatic carbocycles. The summed E-state index contributed by atoms with van der Waals surface area (Å²) in [6.45, 7) is 4.53. The fourth-order valence-corrected chi connectivity index (χ4v) is 1.43. The predicted octanol–water partition coefficient (Wildman–Crippen LogP) is 1.61. The van der Waals surface area contributed by atoms with Crippen LogP contribution in [0.25, 0.3) is 0 Å². The van der Waals surface area contributed by atoms with Crippen molar-refractivity contribution in [2.75, 3.05) is 32.2 Å². The summed E-state index contributed by atoms with van der Waals surface area (Å²) in [5.41, 5.74) is 7.80. The highest BCUT2D eigenvalue weighted by Crippen LogP contribution is 2.12. The van der Waals surface area contributed by atoms with Gasteiger partial charge in [-0.3, -0.25) is 0 Å². The number of anilines is 1. The summed E-state index contributed by atoms with van der Waals surface area (Å²) in [6.07, 6.45) is 0. The van der Waals surface area contributed by atoms with E-state index in [2.05, 4.69) is 18.3 Å². The maximum atomic E-state index is 5.57. The molecule has 1 atom stereocenters. The fraction of sp³-hybridized carbons (Fsp3) is 0.538. The van der Waals surface area contributed by atoms with E-state index in [4.69, 9.17) is 15.2 Å². The summed E-state index contributed by atoms with van der Waals surface area (Å²) in [5, 5.41) is 3.33. The number of nitrogens with one attached hydrogen (secondary N) is 1. The van der Waals surface area contributed by atoms with Gasteiger partial charge in [-0.1, -0.05) is 12.1 Å². The molecule has 1 rings (SSSR count). The zero-order chi connectivity index (χ0) is 12.5. The standard InChI is InChI=1S/C13H22N2O2/c1-11(9-14)15-13-5-3-4-12(8-13)10-17-7-6-16-2/h3-5,8,11,15H,6-7,9-10,14H2,1-2H3. The minimum atomic E-state index is 0.277. The summed E-state index contributed by atoms with van der Waals surface area (Å²) < 4.78 is 10.4. The number of hydrogen-bond donors (Lipinski definition) is 2. The van der Waals surface area contributed by atoms with Gasteiger partial charge in [0.05, 0.1) is 19.8 Å². The third-order valence-corrected chi connectivity index (χ3v) is 2.39. The number of benzene rings is 1. The van der Waals surface area contributed by atoms with Crippen LogP contribution in [-0.2, 0) is 16.1 Å². The minimum Gasteiger partial charge on any atom is -0.382 e. The molecule has 0 spiro atoms. The van der Waals surface area contributed by atoms with E-state index in [0.717, 1.165) is 11.3 Å². The van der Waals surface area contributed by atoms with Crippen molar-refractivity contribution in [3.8, 4) is 0 Å². The quantitative estimate of drug-likeness (QED) is 0.676. The van der Waals surface area contributed by atoms with E-state index in [9.17, 15) is 0 Å². The molecule has 1 aromatic rings. The third kappa shape index (κ3) is 5.68. The molecule has 3 N–H and O–H groups in total. The first-order valence-corrected chi connectivity index (χ1v) is 5.88. The maximum Gasteiger partial charge on any atom is 0.0718 e. The Morgan fingerprint density at radius 1 is 1.35 bits per heavy atom. The van der Waals surface area contributed by atoms with E-state index in [0.29, 0.717) is 26.4 Å². The van der Waals surface area contributed by atoms with Gasteiger partial charge >= 0.3 is 0 Å². The van der Waals surface area contributed by atoms with Gasteiger partial charge in [0.25, 0.3) is 0 Å². The van der Waals surface area contributed by atoms with Crippen molar-refractivity contribution in [3.05, 3.63) is 29.8 Å². The molecule has 0 amide bonds. The Bertz CT molecular complexity index is 318. The summed E-state index contributed by atoms with van der Waals surface area (Å²) in [7, 11) is 1.67. The first-order valence-electron chi connectivity index (χ1n) is 5.88. The van der Waals surface area contributed by atoms with Crippen LogP contribution in [0.15, 0.2) is 24.3 Å². The Hall–Kier alpha value is -1.10. The van der Waals surface area contributed by atoms with Crippen LogP contribution in [-0.4, -0.2) is 32.9 Å². The SMILES string of the molecule is COCCOCc1cccc(NC(C)CN)c1. The van der Waals surface area contributed by atoms with E-state index in [-0.39, 0.29) is 6.04 Å². The highest BCUT2D eigenvalue weighted by atomic mass is 16.5. The largest absolute Gasteiger partial charge is 0.382 e. The molecule has 0 saturated carbocycles. The van der Waals surface area contributed by atoms with Gasteiger partial charge in [-0.25, -0.2) is 0 Å². The van der Waals surface area contributed by atoms with E-state index in [1.165, 1.54) is 0 Å². The van der Waals surface area contributed by atoms with Crippen LogP contribution >= 0.6 is 0 Å². The average Bonchev–Trinajstić information content (AvgIpc) is 2.35. The maximum absolute atomic E-state index is 5.57. The lowest BCUT2D eigenvalue weighted by Gasteiger charge is -2.13. The molecule has 0 aliphatic rings. The normalized spacial score (nSPS) is 12.4. The Kier molecular flexibility index (Phi) is 6.62. The van der Waals surface area contributed by atoms with Gasteiger partial charge in [-0.2, -0.15) is 0 Å². The molecular weight excluding hydrogens is 216 g/mol. The second kappa shape index (κ2) is 8.06. The molecule has 1 aromatic carbocycles. The fourth-order valence-electron chi connectivity index (χ4n) is 1.43. The van der Waals surface area contributed by atoms with E-state index >= 15 is 0 Å². The second-order valence-electron chi connectivity index (χ2n) is 4.03. The molecule has 0 bridgehead atoms. The van der Waals surface area contributed by atoms with E-state index in [1.54, 1.807) is 7.11 Å². The molecule has 4 heteroatoms. The average molecular weight is 238 g/mol. The molecular formula is C13H22N2O2. The lowest BCUT2D eigenvalue weighted by Crippen LogP contribution is -2.25. The summed E-state index contributed by atoms with van der Waals surface area (Å²) >= 11 is 0. The zero-order valence-corrected chi connectivity index (χ0v) is 10.6. The summed E-state index contributed by atoms with van der Waals surface area (Å²) in [5.74, 6) is 0. The smallest absolute Gasteiger partial charge is 0.0718 e. The molecule has 96 valence electrons. The highest BCUT2D eigenvalue weighted by Gasteiger charge is 2.00. The molecule has 0 radical (unpaired) electrons. The van der Waals surface area contributed by atoms with Crippen molar-refractivity contribution in [2.24, 2.45) is 5.73 Å². The summed E-state index contributed by atoms with van der Waals surface area (Å²) in [6, 6.07) is 8.45. The number of nitrogens with two attached hydrogens (primary N) is 1. The predicted molar refractivity (Wildman–Crippen MR) is 70.1 cm³/mol. The van der Waals surface area contributed by atoms with Gasteiger partial charge in [0.1, 0.15) is 0 Å². The number of ether oxygens (including phenoxy) is 2. The van der Waals surface area contributed by atoms with E-state index < -0.39 is 0 Å². The molecule has 1 unspecified atom stereocenters. The monoisotopic (exact) mass is 238 g/mol. The highest BCUT2D eigenvalue weighted by molar-refractivity contribution is 5.46. The van der Waals surface area contributed by atoms with Gasteiger partial charge in [0.15, 0.2) is 0 Å². The van der Waals surface area contributed by atoms with Crippen molar-refractivity contribution < 1.29 is 9.47 Å². The van der Waals surface area contributed by atoms with Crippen LogP contribution in [0.3, 0.4) is 0 Å². The Labute approximate surface area is 103 Å². The van der Waals surface area contributed by atoms with Crippen LogP contribution in [0.1, 0.15) is 12.5 Å². The molecule has 17 heavy (non-hydrogen) atoms. The van der Waals surface area contributed by atoms with Gasteiger partial charge in [-0.15, -0.1) is 0 Å². The van der Waals surface area contributed by atoms with Crippen molar-refractivity contribution in [3.63, 3.8) is 0 Å². The van der Waals surface area contributed by atoms with E-state index in [1.807, 2.05) is 18.2 Å². The van der Waals surface area contributed by atoms with Gasteiger partial charge in [0.2, 0.25) is 0 Å². The Morgan fingerprint density at radius 2 is 2.18 bits per heavy atom. The molecule has 0 fully saturated rings. The van der Waals surface area contributed by atoms with Crippen molar-refractivity contribution in [2.45, 2.75) is 19.6 Å². The van der Waals surface area contributed by atoms with Gasteiger partial charge in [0, 0.05) is 25.4 Å². The van der Waals surface area contributed by atoms with Crippen molar-refractivity contribution >= 4 is 5.69 Å². The molecule has 0 saturated heterocycles. The Morgan fingerprint density at radius 3 is 2.88 bits per heavy atom. The molecule has 0 aliphatic heterocycles. The number of hydrogen-bond acceptors (Lipinski definition) is 4. The van der Waals surface area contributed by atoms with Crippen molar-refractivity contribution in [1.82, 2.24) is 0 Å². The van der Waals surface area contributed by atoms with Gasteiger partial charge < -0.3 is 20.5 Å². The van der Waals surface area contributed by atoms with Gasteiger partial charge in [-0.05, 0) is 24.6 Å². The number of methoxy groups -OCH3 is 1. The lowest BCUT2D eigenvalue weighted by molar-refractivity contribution is 0.0617. The van der Waals surface area contributed by atoms with Crippen LogP contribution < -0.4 is 11.1 Å². The van der Waals surface area contributed by atoms with Crippen LogP contribution in [0.2, 0.25) is 0 Å². The topological polar surface area (TPSA) is 56.5 Å².